The first kappa shape index (κ1) is 12.9. The molecule has 11 heteroatoms. The van der Waals surface area contributed by atoms with E-state index in [4.69, 9.17) is 9.84 Å². The molecule has 0 radical (unpaired) electrons. The Bertz CT molecular complexity index is 749. The summed E-state index contributed by atoms with van der Waals surface area (Å²) in [6.45, 7) is -0.502. The summed E-state index contributed by atoms with van der Waals surface area (Å²) in [5.74, 6) is 0. The molecule has 0 bridgehead atoms. The van der Waals surface area contributed by atoms with Gasteiger partial charge in [0.25, 0.3) is 5.56 Å². The number of hydrogen-bond donors (Lipinski definition) is 5. The highest BCUT2D eigenvalue weighted by Gasteiger charge is 2.44. The first-order valence-electron chi connectivity index (χ1n) is 5.73. The van der Waals surface area contributed by atoms with Crippen LogP contribution in [0.5, 0.6) is 0 Å². The molecule has 11 nitrogen and oxygen atoms in total. The van der Waals surface area contributed by atoms with Gasteiger partial charge in [-0.2, -0.15) is 4.68 Å². The maximum absolute atomic E-state index is 11.5. The van der Waals surface area contributed by atoms with E-state index in [0.717, 1.165) is 4.68 Å². The topological polar surface area (TPSA) is 166 Å². The molecule has 1 fully saturated rings. The van der Waals surface area contributed by atoms with Crippen molar-refractivity contribution in [1.82, 2.24) is 25.0 Å². The SMILES string of the molecule is O=c1[nH]c(=O)c2nnn([C@H]3O[C@@H](CO)C(O)C3O)c2[nH]1. The fourth-order valence-electron chi connectivity index (χ4n) is 2.12. The zero-order valence-electron chi connectivity index (χ0n) is 9.92. The van der Waals surface area contributed by atoms with Gasteiger partial charge in [0.05, 0.1) is 6.61 Å². The number of hydrogen-bond acceptors (Lipinski definition) is 8. The molecule has 3 rings (SSSR count). The van der Waals surface area contributed by atoms with Crippen LogP contribution in [0.3, 0.4) is 0 Å². The molecule has 0 amide bonds. The van der Waals surface area contributed by atoms with Crippen LogP contribution in [0.25, 0.3) is 11.2 Å². The highest BCUT2D eigenvalue weighted by molar-refractivity contribution is 5.67. The Morgan fingerprint density at radius 1 is 1.25 bits per heavy atom. The van der Waals surface area contributed by atoms with Gasteiger partial charge in [0.15, 0.2) is 17.4 Å². The molecule has 1 saturated heterocycles. The Morgan fingerprint density at radius 2 is 2.00 bits per heavy atom. The first-order valence-corrected chi connectivity index (χ1v) is 5.73. The van der Waals surface area contributed by atoms with E-state index in [-0.39, 0.29) is 11.2 Å². The standard InChI is InChI=1S/C9H11N5O6/c15-1-2-4(16)5(17)8(20-2)14-6-3(12-13-14)7(18)11-9(19)10-6/h2,4-5,8,15-17H,1H2,(H2,10,11,18,19)/t2-,4?,5?,8-/m0/s1. The Morgan fingerprint density at radius 3 is 2.65 bits per heavy atom. The second kappa shape index (κ2) is 4.49. The van der Waals surface area contributed by atoms with Gasteiger partial charge >= 0.3 is 5.69 Å². The van der Waals surface area contributed by atoms with Gasteiger partial charge in [0, 0.05) is 0 Å². The van der Waals surface area contributed by atoms with E-state index in [1.807, 2.05) is 4.98 Å². The van der Waals surface area contributed by atoms with Gasteiger partial charge in [0.1, 0.15) is 18.3 Å². The summed E-state index contributed by atoms with van der Waals surface area (Å²) in [5, 5.41) is 35.8. The van der Waals surface area contributed by atoms with Crippen LogP contribution in [-0.4, -0.2) is 65.2 Å². The Hall–Kier alpha value is -2.08. The lowest BCUT2D eigenvalue weighted by atomic mass is 10.1. The molecule has 5 N–H and O–H groups in total. The summed E-state index contributed by atoms with van der Waals surface area (Å²) < 4.78 is 6.23. The first-order chi connectivity index (χ1) is 9.52. The van der Waals surface area contributed by atoms with Crippen LogP contribution in [0.1, 0.15) is 6.23 Å². The molecule has 2 unspecified atom stereocenters. The lowest BCUT2D eigenvalue weighted by molar-refractivity contribution is -0.0574. The molecule has 1 aliphatic rings. The zero-order chi connectivity index (χ0) is 14.4. The number of nitrogens with zero attached hydrogens (tertiary/aromatic N) is 3. The second-order valence-electron chi connectivity index (χ2n) is 4.37. The predicted molar refractivity (Wildman–Crippen MR) is 61.8 cm³/mol. The number of aromatic nitrogens is 5. The maximum Gasteiger partial charge on any atom is 0.327 e. The van der Waals surface area contributed by atoms with E-state index >= 15 is 0 Å². The molecule has 20 heavy (non-hydrogen) atoms. The van der Waals surface area contributed by atoms with Gasteiger partial charge in [-0.1, -0.05) is 5.21 Å². The number of ether oxygens (including phenoxy) is 1. The van der Waals surface area contributed by atoms with Crippen molar-refractivity contribution in [3.05, 3.63) is 20.8 Å². The molecule has 108 valence electrons. The van der Waals surface area contributed by atoms with Crippen LogP contribution in [0.15, 0.2) is 9.59 Å². The minimum absolute atomic E-state index is 0.0476. The fraction of sp³-hybridized carbons (Fsp3) is 0.556. The van der Waals surface area contributed by atoms with Crippen LogP contribution in [0.2, 0.25) is 0 Å². The smallest absolute Gasteiger partial charge is 0.327 e. The van der Waals surface area contributed by atoms with E-state index < -0.39 is 42.4 Å². The van der Waals surface area contributed by atoms with E-state index in [1.165, 1.54) is 0 Å². The van der Waals surface area contributed by atoms with Gasteiger partial charge in [0.2, 0.25) is 0 Å². The number of aliphatic hydroxyl groups is 3. The summed E-state index contributed by atoms with van der Waals surface area (Å²) in [6, 6.07) is 0. The quantitative estimate of drug-likeness (QED) is 0.377. The average Bonchev–Trinajstić information content (AvgIpc) is 2.93. The van der Waals surface area contributed by atoms with Gasteiger partial charge in [-0.05, 0) is 0 Å². The Labute approximate surface area is 109 Å². The minimum Gasteiger partial charge on any atom is -0.394 e. The fourth-order valence-corrected chi connectivity index (χ4v) is 2.12. The van der Waals surface area contributed by atoms with Crippen LogP contribution < -0.4 is 11.2 Å². The van der Waals surface area contributed by atoms with Crippen LogP contribution in [0.4, 0.5) is 0 Å². The second-order valence-corrected chi connectivity index (χ2v) is 4.37. The van der Waals surface area contributed by atoms with Crippen molar-refractivity contribution in [2.24, 2.45) is 0 Å². The Kier molecular flexibility index (Phi) is 2.90. The number of nitrogens with one attached hydrogen (secondary N) is 2. The van der Waals surface area contributed by atoms with Crippen LogP contribution in [-0.2, 0) is 4.74 Å². The normalized spacial score (nSPS) is 30.1. The van der Waals surface area contributed by atoms with Gasteiger partial charge in [-0.25, -0.2) is 4.79 Å². The summed E-state index contributed by atoms with van der Waals surface area (Å²) >= 11 is 0. The zero-order valence-corrected chi connectivity index (χ0v) is 9.92. The summed E-state index contributed by atoms with van der Waals surface area (Å²) in [4.78, 5) is 27.1. The van der Waals surface area contributed by atoms with Crippen LogP contribution >= 0.6 is 0 Å². The molecule has 1 aliphatic heterocycles. The van der Waals surface area contributed by atoms with Crippen molar-refractivity contribution in [2.75, 3.05) is 6.61 Å². The highest BCUT2D eigenvalue weighted by Crippen LogP contribution is 2.29. The largest absolute Gasteiger partial charge is 0.394 e. The summed E-state index contributed by atoms with van der Waals surface area (Å²) in [7, 11) is 0. The van der Waals surface area contributed by atoms with E-state index in [9.17, 15) is 19.8 Å². The number of aromatic amines is 2. The molecule has 2 aromatic rings. The van der Waals surface area contributed by atoms with Crippen molar-refractivity contribution in [1.29, 1.82) is 0 Å². The molecule has 4 atom stereocenters. The van der Waals surface area contributed by atoms with Gasteiger partial charge < -0.3 is 20.1 Å². The third-order valence-electron chi connectivity index (χ3n) is 3.13. The molecule has 0 saturated carbocycles. The molecule has 0 aliphatic carbocycles. The number of rotatable bonds is 2. The number of aliphatic hydroxyl groups excluding tert-OH is 3. The predicted octanol–water partition coefficient (Wildman–Crippen LogP) is -3.58. The third kappa shape index (κ3) is 1.76. The van der Waals surface area contributed by atoms with E-state index in [0.29, 0.717) is 0 Å². The lowest BCUT2D eigenvalue weighted by Gasteiger charge is -2.14. The minimum atomic E-state index is -1.39. The average molecular weight is 285 g/mol. The molecule has 0 aromatic carbocycles. The molecule has 0 spiro atoms. The summed E-state index contributed by atoms with van der Waals surface area (Å²) in [6.07, 6.45) is -4.88. The van der Waals surface area contributed by atoms with E-state index in [1.54, 1.807) is 0 Å². The van der Waals surface area contributed by atoms with Crippen molar-refractivity contribution < 1.29 is 20.1 Å². The van der Waals surface area contributed by atoms with E-state index in [2.05, 4.69) is 15.3 Å². The molecule has 3 heterocycles. The monoisotopic (exact) mass is 285 g/mol. The highest BCUT2D eigenvalue weighted by atomic mass is 16.6. The number of H-pyrrole nitrogens is 2. The van der Waals surface area contributed by atoms with Crippen molar-refractivity contribution in [3.8, 4) is 0 Å². The van der Waals surface area contributed by atoms with Gasteiger partial charge in [-0.3, -0.25) is 14.8 Å². The third-order valence-corrected chi connectivity index (χ3v) is 3.13. The van der Waals surface area contributed by atoms with Gasteiger partial charge in [-0.15, -0.1) is 5.10 Å². The van der Waals surface area contributed by atoms with Crippen molar-refractivity contribution >= 4 is 11.2 Å². The maximum atomic E-state index is 11.5. The van der Waals surface area contributed by atoms with Crippen molar-refractivity contribution in [3.63, 3.8) is 0 Å². The lowest BCUT2D eigenvalue weighted by Crippen LogP contribution is -2.33. The molecular formula is C9H11N5O6. The summed E-state index contributed by atoms with van der Waals surface area (Å²) in [5.41, 5.74) is -1.68. The van der Waals surface area contributed by atoms with Crippen LogP contribution in [0, 0.1) is 0 Å². The molecular weight excluding hydrogens is 274 g/mol. The van der Waals surface area contributed by atoms with Crippen molar-refractivity contribution in [2.45, 2.75) is 24.5 Å². The number of fused-ring (bicyclic) bond motifs is 1. The Balaban J connectivity index is 2.12. The molecule has 2 aromatic heterocycles.